The number of nitrogens with zero attached hydrogens (tertiary/aromatic N) is 2. The third-order valence-electron chi connectivity index (χ3n) is 4.03. The van der Waals surface area contributed by atoms with Gasteiger partial charge in [-0.25, -0.2) is 9.66 Å². The lowest BCUT2D eigenvalue weighted by Crippen LogP contribution is -2.35. The van der Waals surface area contributed by atoms with Crippen molar-refractivity contribution < 1.29 is 4.79 Å². The predicted octanol–water partition coefficient (Wildman–Crippen LogP) is 3.09. The fraction of sp³-hybridized carbons (Fsp3) is 0.316. The van der Waals surface area contributed by atoms with Gasteiger partial charge in [0.1, 0.15) is 4.83 Å². The Morgan fingerprint density at radius 3 is 2.67 bits per heavy atom. The van der Waals surface area contributed by atoms with E-state index < -0.39 is 5.25 Å². The molecule has 0 aliphatic rings. The molecule has 2 aromatic heterocycles. The van der Waals surface area contributed by atoms with Gasteiger partial charge in [0.2, 0.25) is 5.91 Å². The van der Waals surface area contributed by atoms with Crippen LogP contribution < -0.4 is 16.7 Å². The molecule has 6 nitrogen and oxygen atoms in total. The molecule has 3 N–H and O–H groups in total. The smallest absolute Gasteiger partial charge is 0.282 e. The largest absolute Gasteiger partial charge is 0.355 e. The molecule has 0 bridgehead atoms. The molecule has 3 aromatic rings. The molecule has 8 heteroatoms. The Kier molecular flexibility index (Phi) is 5.86. The van der Waals surface area contributed by atoms with Gasteiger partial charge in [-0.1, -0.05) is 55.9 Å². The fourth-order valence-corrected chi connectivity index (χ4v) is 4.40. The Bertz CT molecular complexity index is 1010. The fourth-order valence-electron chi connectivity index (χ4n) is 2.56. The predicted molar refractivity (Wildman–Crippen MR) is 113 cm³/mol. The summed E-state index contributed by atoms with van der Waals surface area (Å²) in [5.41, 5.74) is 1.47. The number of nitrogen functional groups attached to an aromatic ring is 1. The van der Waals surface area contributed by atoms with Crippen LogP contribution in [0.3, 0.4) is 0 Å². The number of carbonyl (C=O) groups is 1. The van der Waals surface area contributed by atoms with Gasteiger partial charge in [0.15, 0.2) is 5.16 Å². The number of benzene rings is 1. The van der Waals surface area contributed by atoms with Crippen molar-refractivity contribution in [3.05, 3.63) is 46.1 Å². The standard InChI is InChI=1S/C19H22N4O2S2/c1-11(2)9-21-16(24)12(3)27-19-22-17-15(18(25)23(19)20)14(10-26-17)13-7-5-4-6-8-13/h4-8,10-12H,9,20H2,1-3H3,(H,21,24). The second kappa shape index (κ2) is 8.14. The van der Waals surface area contributed by atoms with E-state index in [0.29, 0.717) is 27.8 Å². The van der Waals surface area contributed by atoms with Gasteiger partial charge in [0.05, 0.1) is 10.6 Å². The molecule has 0 radical (unpaired) electrons. The maximum Gasteiger partial charge on any atom is 0.282 e. The molecule has 1 unspecified atom stereocenters. The maximum absolute atomic E-state index is 12.9. The zero-order valence-electron chi connectivity index (χ0n) is 15.4. The molecular formula is C19H22N4O2S2. The van der Waals surface area contributed by atoms with Crippen molar-refractivity contribution in [1.82, 2.24) is 15.0 Å². The summed E-state index contributed by atoms with van der Waals surface area (Å²) in [5.74, 6) is 6.29. The van der Waals surface area contributed by atoms with Crippen LogP contribution >= 0.6 is 23.1 Å². The van der Waals surface area contributed by atoms with Crippen LogP contribution in [0.2, 0.25) is 0 Å². The molecule has 1 aromatic carbocycles. The van der Waals surface area contributed by atoms with E-state index in [4.69, 9.17) is 5.84 Å². The van der Waals surface area contributed by atoms with Gasteiger partial charge in [-0.2, -0.15) is 0 Å². The van der Waals surface area contributed by atoms with Gasteiger partial charge in [-0.15, -0.1) is 11.3 Å². The zero-order chi connectivity index (χ0) is 19.6. The van der Waals surface area contributed by atoms with Crippen molar-refractivity contribution in [3.63, 3.8) is 0 Å². The highest BCUT2D eigenvalue weighted by Gasteiger charge is 2.20. The monoisotopic (exact) mass is 402 g/mol. The van der Waals surface area contributed by atoms with E-state index in [2.05, 4.69) is 10.3 Å². The summed E-state index contributed by atoms with van der Waals surface area (Å²) < 4.78 is 1.04. The van der Waals surface area contributed by atoms with Crippen LogP contribution in [0.15, 0.2) is 45.7 Å². The Labute approximate surface area is 165 Å². The number of amides is 1. The van der Waals surface area contributed by atoms with E-state index in [1.54, 1.807) is 6.92 Å². The van der Waals surface area contributed by atoms with E-state index >= 15 is 0 Å². The first-order valence-corrected chi connectivity index (χ1v) is 10.4. The van der Waals surface area contributed by atoms with Crippen molar-refractivity contribution in [2.24, 2.45) is 5.92 Å². The van der Waals surface area contributed by atoms with Crippen molar-refractivity contribution in [1.29, 1.82) is 0 Å². The van der Waals surface area contributed by atoms with E-state index in [0.717, 1.165) is 15.8 Å². The number of hydrogen-bond donors (Lipinski definition) is 2. The van der Waals surface area contributed by atoms with Gasteiger partial charge >= 0.3 is 0 Å². The van der Waals surface area contributed by atoms with Gasteiger partial charge < -0.3 is 11.2 Å². The highest BCUT2D eigenvalue weighted by atomic mass is 32.2. The van der Waals surface area contributed by atoms with Crippen LogP contribution in [-0.4, -0.2) is 27.4 Å². The number of fused-ring (bicyclic) bond motifs is 1. The number of nitrogens with two attached hydrogens (primary N) is 1. The first-order chi connectivity index (χ1) is 12.9. The summed E-state index contributed by atoms with van der Waals surface area (Å²) in [7, 11) is 0. The molecule has 3 rings (SSSR count). The van der Waals surface area contributed by atoms with Crippen LogP contribution in [0, 0.1) is 5.92 Å². The quantitative estimate of drug-likeness (QED) is 0.376. The summed E-state index contributed by atoms with van der Waals surface area (Å²) in [5, 5.41) is 5.24. The van der Waals surface area contributed by atoms with Crippen LogP contribution in [0.25, 0.3) is 21.3 Å². The molecule has 1 amide bonds. The molecular weight excluding hydrogens is 380 g/mol. The van der Waals surface area contributed by atoms with Crippen molar-refractivity contribution in [2.45, 2.75) is 31.2 Å². The number of rotatable bonds is 6. The molecule has 0 saturated heterocycles. The third-order valence-corrected chi connectivity index (χ3v) is 5.97. The van der Waals surface area contributed by atoms with Gasteiger partial charge in [0, 0.05) is 17.5 Å². The summed E-state index contributed by atoms with van der Waals surface area (Å²) in [4.78, 5) is 30.2. The van der Waals surface area contributed by atoms with Gasteiger partial charge in [0.25, 0.3) is 5.56 Å². The first-order valence-electron chi connectivity index (χ1n) is 8.67. The summed E-state index contributed by atoms with van der Waals surface area (Å²) >= 11 is 2.59. The van der Waals surface area contributed by atoms with Crippen molar-refractivity contribution in [3.8, 4) is 11.1 Å². The normalized spacial score (nSPS) is 12.4. The Morgan fingerprint density at radius 1 is 1.30 bits per heavy atom. The van der Waals surface area contributed by atoms with Crippen LogP contribution in [0.4, 0.5) is 0 Å². The number of hydrogen-bond acceptors (Lipinski definition) is 6. The Morgan fingerprint density at radius 2 is 2.00 bits per heavy atom. The third kappa shape index (κ3) is 4.17. The van der Waals surface area contributed by atoms with Crippen molar-refractivity contribution >= 4 is 39.2 Å². The number of aromatic nitrogens is 2. The number of thiophene rings is 1. The first kappa shape index (κ1) is 19.4. The van der Waals surface area contributed by atoms with E-state index in [-0.39, 0.29) is 11.5 Å². The van der Waals surface area contributed by atoms with Gasteiger partial charge in [-0.05, 0) is 18.4 Å². The minimum absolute atomic E-state index is 0.0980. The zero-order valence-corrected chi connectivity index (χ0v) is 17.1. The van der Waals surface area contributed by atoms with Crippen LogP contribution in [0.1, 0.15) is 20.8 Å². The van der Waals surface area contributed by atoms with E-state index in [1.165, 1.54) is 23.1 Å². The lowest BCUT2D eigenvalue weighted by Gasteiger charge is -2.14. The molecule has 142 valence electrons. The average Bonchev–Trinajstić information content (AvgIpc) is 3.08. The van der Waals surface area contributed by atoms with Crippen LogP contribution in [0.5, 0.6) is 0 Å². The molecule has 0 aliphatic heterocycles. The number of thioether (sulfide) groups is 1. The molecule has 0 spiro atoms. The van der Waals surface area contributed by atoms with Crippen LogP contribution in [-0.2, 0) is 4.79 Å². The van der Waals surface area contributed by atoms with Gasteiger partial charge in [-0.3, -0.25) is 9.59 Å². The minimum Gasteiger partial charge on any atom is -0.355 e. The van der Waals surface area contributed by atoms with Crippen molar-refractivity contribution in [2.75, 3.05) is 12.4 Å². The number of nitrogens with one attached hydrogen (secondary N) is 1. The topological polar surface area (TPSA) is 90.0 Å². The van der Waals surface area contributed by atoms with E-state index in [9.17, 15) is 9.59 Å². The molecule has 0 saturated carbocycles. The summed E-state index contributed by atoms with van der Waals surface area (Å²) in [6.07, 6.45) is 0. The Hall–Kier alpha value is -2.32. The highest BCUT2D eigenvalue weighted by molar-refractivity contribution is 8.00. The molecule has 0 fully saturated rings. The second-order valence-corrected chi connectivity index (χ2v) is 8.83. The molecule has 0 aliphatic carbocycles. The lowest BCUT2D eigenvalue weighted by molar-refractivity contribution is -0.120. The average molecular weight is 403 g/mol. The lowest BCUT2D eigenvalue weighted by atomic mass is 10.1. The summed E-state index contributed by atoms with van der Waals surface area (Å²) in [6.45, 7) is 6.45. The highest BCUT2D eigenvalue weighted by Crippen LogP contribution is 2.32. The SMILES string of the molecule is CC(C)CNC(=O)C(C)Sc1nc2scc(-c3ccccc3)c2c(=O)n1N. The minimum atomic E-state index is -0.406. The second-order valence-electron chi connectivity index (χ2n) is 6.66. The summed E-state index contributed by atoms with van der Waals surface area (Å²) in [6, 6.07) is 9.68. The molecule has 27 heavy (non-hydrogen) atoms. The Balaban J connectivity index is 1.92. The molecule has 2 heterocycles. The molecule has 1 atom stereocenters. The number of carbonyl (C=O) groups excluding carboxylic acids is 1. The maximum atomic E-state index is 12.9. The van der Waals surface area contributed by atoms with E-state index in [1.807, 2.05) is 49.6 Å².